The van der Waals surface area contributed by atoms with Crippen molar-refractivity contribution < 1.29 is 0 Å². The van der Waals surface area contributed by atoms with E-state index in [2.05, 4.69) is 34.1 Å². The van der Waals surface area contributed by atoms with Crippen LogP contribution < -0.4 is 4.90 Å². The average molecular weight is 238 g/mol. The second kappa shape index (κ2) is 4.93. The first kappa shape index (κ1) is 11.5. The van der Waals surface area contributed by atoms with Gasteiger partial charge in [0, 0.05) is 19.1 Å². The summed E-state index contributed by atoms with van der Waals surface area (Å²) in [5.41, 5.74) is 0. The highest BCUT2D eigenvalue weighted by Crippen LogP contribution is 2.18. The number of rotatable bonds is 2. The monoisotopic (exact) mass is 238 g/mol. The lowest BCUT2D eigenvalue weighted by Crippen LogP contribution is -2.42. The van der Waals surface area contributed by atoms with Gasteiger partial charge in [-0.1, -0.05) is 12.2 Å². The summed E-state index contributed by atoms with van der Waals surface area (Å²) in [5.74, 6) is 1.01. The Morgan fingerprint density at radius 1 is 1.38 bits per heavy atom. The van der Waals surface area contributed by atoms with Crippen LogP contribution in [0.1, 0.15) is 12.8 Å². The first-order valence-corrected chi connectivity index (χ1v) is 6.05. The lowest BCUT2D eigenvalue weighted by Gasteiger charge is -2.35. The van der Waals surface area contributed by atoms with Crippen LogP contribution in [0.4, 0.5) is 5.82 Å². The summed E-state index contributed by atoms with van der Waals surface area (Å²) in [6.07, 6.45) is 2.40. The summed E-state index contributed by atoms with van der Waals surface area (Å²) in [7, 11) is 4.30. The third kappa shape index (κ3) is 2.59. The number of hydrogen-bond donors (Lipinski definition) is 1. The van der Waals surface area contributed by atoms with Crippen LogP contribution in [0.25, 0.3) is 0 Å². The molecule has 2 heterocycles. The Bertz CT molecular complexity index is 373. The van der Waals surface area contributed by atoms with Gasteiger partial charge in [-0.05, 0) is 39.1 Å². The van der Waals surface area contributed by atoms with Crippen molar-refractivity contribution >= 4 is 18.0 Å². The van der Waals surface area contributed by atoms with E-state index in [0.29, 0.717) is 10.7 Å². The minimum Gasteiger partial charge on any atom is -0.355 e. The largest absolute Gasteiger partial charge is 0.355 e. The van der Waals surface area contributed by atoms with Crippen molar-refractivity contribution in [3.8, 4) is 0 Å². The van der Waals surface area contributed by atoms with E-state index in [1.54, 1.807) is 0 Å². The maximum atomic E-state index is 4.98. The van der Waals surface area contributed by atoms with Crippen molar-refractivity contribution in [3.63, 3.8) is 0 Å². The molecule has 1 aromatic rings. The molecule has 0 aliphatic carbocycles. The van der Waals surface area contributed by atoms with E-state index in [-0.39, 0.29) is 0 Å². The molecule has 0 saturated carbocycles. The Hall–Kier alpha value is -0.940. The Balaban J connectivity index is 1.99. The van der Waals surface area contributed by atoms with Gasteiger partial charge in [-0.15, -0.1) is 0 Å². The Morgan fingerprint density at radius 2 is 2.06 bits per heavy atom. The molecule has 1 aliphatic heterocycles. The van der Waals surface area contributed by atoms with Gasteiger partial charge in [-0.3, -0.25) is 5.10 Å². The Morgan fingerprint density at radius 3 is 2.56 bits per heavy atom. The molecule has 0 aromatic carbocycles. The Kier molecular flexibility index (Phi) is 3.56. The van der Waals surface area contributed by atoms with Crippen molar-refractivity contribution in [2.75, 3.05) is 32.1 Å². The van der Waals surface area contributed by atoms with E-state index in [0.717, 1.165) is 18.9 Å². The summed E-state index contributed by atoms with van der Waals surface area (Å²) in [5, 5.41) is 7.10. The molecule has 0 bridgehead atoms. The van der Waals surface area contributed by atoms with Gasteiger partial charge in [0.25, 0.3) is 0 Å². The van der Waals surface area contributed by atoms with E-state index in [1.165, 1.54) is 12.8 Å². The van der Waals surface area contributed by atoms with Crippen molar-refractivity contribution in [1.82, 2.24) is 15.1 Å². The van der Waals surface area contributed by atoms with Gasteiger partial charge >= 0.3 is 0 Å². The summed E-state index contributed by atoms with van der Waals surface area (Å²) in [6.45, 7) is 2.14. The third-order valence-corrected chi connectivity index (χ3v) is 3.41. The van der Waals surface area contributed by atoms with Gasteiger partial charge in [0.2, 0.25) is 0 Å². The van der Waals surface area contributed by atoms with Crippen molar-refractivity contribution in [2.45, 2.75) is 18.9 Å². The highest BCUT2D eigenvalue weighted by Gasteiger charge is 2.21. The third-order valence-electron chi connectivity index (χ3n) is 3.18. The normalized spacial score (nSPS) is 18.1. The molecule has 0 amide bonds. The van der Waals surface area contributed by atoms with Gasteiger partial charge in [0.05, 0.1) is 0 Å². The van der Waals surface area contributed by atoms with Gasteiger partial charge in [-0.2, -0.15) is 5.10 Å². The van der Waals surface area contributed by atoms with Gasteiger partial charge in [0.15, 0.2) is 0 Å². The molecule has 0 spiro atoms. The molecule has 1 fully saturated rings. The number of aromatic amines is 1. The van der Waals surface area contributed by atoms with E-state index in [4.69, 9.17) is 12.2 Å². The van der Waals surface area contributed by atoms with Crippen molar-refractivity contribution in [2.24, 2.45) is 0 Å². The molecule has 1 aliphatic rings. The molecule has 1 aromatic heterocycles. The maximum absolute atomic E-state index is 4.98. The van der Waals surface area contributed by atoms with Gasteiger partial charge in [-0.25, -0.2) is 0 Å². The second-order valence-electron chi connectivity index (χ2n) is 4.46. The van der Waals surface area contributed by atoms with Crippen LogP contribution in [-0.2, 0) is 0 Å². The molecule has 16 heavy (non-hydrogen) atoms. The zero-order valence-corrected chi connectivity index (χ0v) is 10.6. The minimum atomic E-state index is 0.687. The SMILES string of the molecule is CN(C)C1CCN(c2ccc(=S)[nH]n2)CC1. The maximum Gasteiger partial charge on any atom is 0.148 e. The molecule has 2 rings (SSSR count). The van der Waals surface area contributed by atoms with Crippen LogP contribution in [0, 0.1) is 4.64 Å². The molecular formula is C11H18N4S. The number of aromatic nitrogens is 2. The number of hydrogen-bond acceptors (Lipinski definition) is 4. The highest BCUT2D eigenvalue weighted by molar-refractivity contribution is 7.71. The number of H-pyrrole nitrogens is 1. The molecule has 5 heteroatoms. The van der Waals surface area contributed by atoms with Crippen molar-refractivity contribution in [1.29, 1.82) is 0 Å². The number of nitrogens with one attached hydrogen (secondary N) is 1. The molecule has 0 atom stereocenters. The topological polar surface area (TPSA) is 35.2 Å². The van der Waals surface area contributed by atoms with Gasteiger partial charge in [0.1, 0.15) is 10.5 Å². The fourth-order valence-electron chi connectivity index (χ4n) is 2.12. The molecular weight excluding hydrogens is 220 g/mol. The van der Waals surface area contributed by atoms with Crippen LogP contribution >= 0.6 is 12.2 Å². The van der Waals surface area contributed by atoms with Crippen LogP contribution in [0.15, 0.2) is 12.1 Å². The second-order valence-corrected chi connectivity index (χ2v) is 4.90. The highest BCUT2D eigenvalue weighted by atomic mass is 32.1. The predicted octanol–water partition coefficient (Wildman–Crippen LogP) is 1.67. The fourth-order valence-corrected chi connectivity index (χ4v) is 2.24. The zero-order chi connectivity index (χ0) is 11.5. The van der Waals surface area contributed by atoms with E-state index < -0.39 is 0 Å². The smallest absolute Gasteiger partial charge is 0.148 e. The zero-order valence-electron chi connectivity index (χ0n) is 9.81. The van der Waals surface area contributed by atoms with Crippen LogP contribution in [-0.4, -0.2) is 48.3 Å². The number of piperidine rings is 1. The summed E-state index contributed by atoms with van der Waals surface area (Å²) < 4.78 is 0.687. The first-order valence-electron chi connectivity index (χ1n) is 5.64. The summed E-state index contributed by atoms with van der Waals surface area (Å²) in [4.78, 5) is 4.62. The molecule has 1 saturated heterocycles. The Labute approximate surface area is 101 Å². The fraction of sp³-hybridized carbons (Fsp3) is 0.636. The van der Waals surface area contributed by atoms with Crippen LogP contribution in [0.3, 0.4) is 0 Å². The van der Waals surface area contributed by atoms with E-state index >= 15 is 0 Å². The quantitative estimate of drug-likeness (QED) is 0.795. The minimum absolute atomic E-state index is 0.687. The molecule has 1 N–H and O–H groups in total. The lowest BCUT2D eigenvalue weighted by atomic mass is 10.0. The molecule has 0 unspecified atom stereocenters. The molecule has 4 nitrogen and oxygen atoms in total. The first-order chi connectivity index (χ1) is 7.66. The summed E-state index contributed by atoms with van der Waals surface area (Å²) in [6, 6.07) is 4.60. The standard InChI is InChI=1S/C11H18N4S/c1-14(2)9-5-7-15(8-6-9)10-3-4-11(16)13-12-10/h3-4,9H,5-8H2,1-2H3,(H,13,16). The average Bonchev–Trinajstić information content (AvgIpc) is 2.30. The predicted molar refractivity (Wildman–Crippen MR) is 68.3 cm³/mol. The van der Waals surface area contributed by atoms with Crippen molar-refractivity contribution in [3.05, 3.63) is 16.8 Å². The van der Waals surface area contributed by atoms with Crippen LogP contribution in [0.2, 0.25) is 0 Å². The van der Waals surface area contributed by atoms with E-state index in [9.17, 15) is 0 Å². The van der Waals surface area contributed by atoms with E-state index in [1.807, 2.05) is 12.1 Å². The summed E-state index contributed by atoms with van der Waals surface area (Å²) >= 11 is 4.98. The molecule has 0 radical (unpaired) electrons. The lowest BCUT2D eigenvalue weighted by molar-refractivity contribution is 0.249. The van der Waals surface area contributed by atoms with Gasteiger partial charge < -0.3 is 9.80 Å². The number of anilines is 1. The van der Waals surface area contributed by atoms with Crippen LogP contribution in [0.5, 0.6) is 0 Å². The molecule has 88 valence electrons. The number of nitrogens with zero attached hydrogens (tertiary/aromatic N) is 3.